The predicted octanol–water partition coefficient (Wildman–Crippen LogP) is 0.662. The molecule has 2 aliphatic heterocycles. The molecule has 1 amide bonds. The Bertz CT molecular complexity index is 352. The van der Waals surface area contributed by atoms with E-state index in [0.29, 0.717) is 32.1 Å². The van der Waals surface area contributed by atoms with Gasteiger partial charge >= 0.3 is 5.97 Å². The van der Waals surface area contributed by atoms with Crippen molar-refractivity contribution in [3.05, 3.63) is 0 Å². The zero-order chi connectivity index (χ0) is 12.4. The summed E-state index contributed by atoms with van der Waals surface area (Å²) in [5, 5.41) is 0. The first-order valence-electron chi connectivity index (χ1n) is 6.04. The number of rotatable bonds is 1. The first-order valence-corrected chi connectivity index (χ1v) is 6.04. The summed E-state index contributed by atoms with van der Waals surface area (Å²) < 4.78 is 4.71. The summed E-state index contributed by atoms with van der Waals surface area (Å²) in [6, 6.07) is -0.581. The van der Waals surface area contributed by atoms with E-state index in [4.69, 9.17) is 4.74 Å². The minimum Gasteiger partial charge on any atom is -0.467 e. The molecule has 0 radical (unpaired) electrons. The molecule has 94 valence electrons. The van der Waals surface area contributed by atoms with E-state index in [-0.39, 0.29) is 23.7 Å². The number of nitrogens with zero attached hydrogens (tertiary/aromatic N) is 1. The number of carbonyl (C=O) groups excluding carboxylic acids is 3. The zero-order valence-corrected chi connectivity index (χ0v) is 9.98. The van der Waals surface area contributed by atoms with Crippen LogP contribution >= 0.6 is 0 Å². The minimum atomic E-state index is -0.483. The molecule has 0 spiro atoms. The van der Waals surface area contributed by atoms with E-state index < -0.39 is 6.04 Å². The molecule has 2 fully saturated rings. The van der Waals surface area contributed by atoms with Crippen LogP contribution in [0.5, 0.6) is 0 Å². The molecule has 2 saturated heterocycles. The normalized spacial score (nSPS) is 29.6. The molecular formula is C12H17NO4. The summed E-state index contributed by atoms with van der Waals surface area (Å²) in [5.41, 5.74) is 0. The number of amides is 1. The molecule has 0 aromatic carbocycles. The molecule has 2 heterocycles. The summed E-state index contributed by atoms with van der Waals surface area (Å²) in [4.78, 5) is 36.7. The Balaban J connectivity index is 2.18. The van der Waals surface area contributed by atoms with Gasteiger partial charge in [0.05, 0.1) is 7.11 Å². The Morgan fingerprint density at radius 2 is 2.06 bits per heavy atom. The van der Waals surface area contributed by atoms with Gasteiger partial charge < -0.3 is 9.64 Å². The number of ether oxygens (including phenoxy) is 1. The number of ketones is 1. The highest BCUT2D eigenvalue weighted by Gasteiger charge is 2.42. The monoisotopic (exact) mass is 239 g/mol. The van der Waals surface area contributed by atoms with E-state index in [1.54, 1.807) is 4.90 Å². The van der Waals surface area contributed by atoms with Crippen LogP contribution in [-0.4, -0.2) is 41.8 Å². The summed E-state index contributed by atoms with van der Waals surface area (Å²) in [5.74, 6) is -0.192. The Labute approximate surface area is 100 Å². The molecule has 0 saturated carbocycles. The first-order chi connectivity index (χ1) is 8.13. The standard InChI is InChI=1S/C12H17NO4/c1-17-12(16)10-6-5-8-7-9(14)3-2-4-11(15)13(8)10/h8,10H,2-7H2,1H3/t8-,10+/m1/s1. The lowest BCUT2D eigenvalue weighted by atomic mass is 10.0. The van der Waals surface area contributed by atoms with Crippen LogP contribution in [0.3, 0.4) is 0 Å². The molecule has 0 bridgehead atoms. The SMILES string of the molecule is COC(=O)[C@@H]1CC[C@@H]2CC(=O)CCCC(=O)N21. The maximum absolute atomic E-state index is 12.0. The maximum atomic E-state index is 12.0. The lowest BCUT2D eigenvalue weighted by molar-refractivity contribution is -0.153. The fourth-order valence-corrected chi connectivity index (χ4v) is 2.76. The highest BCUT2D eigenvalue weighted by Crippen LogP contribution is 2.30. The topological polar surface area (TPSA) is 63.7 Å². The van der Waals surface area contributed by atoms with Crippen molar-refractivity contribution >= 4 is 17.7 Å². The van der Waals surface area contributed by atoms with Gasteiger partial charge in [-0.2, -0.15) is 0 Å². The summed E-state index contributed by atoms with van der Waals surface area (Å²) >= 11 is 0. The summed E-state index contributed by atoms with van der Waals surface area (Å²) in [6.45, 7) is 0. The largest absolute Gasteiger partial charge is 0.467 e. The smallest absolute Gasteiger partial charge is 0.328 e. The quantitative estimate of drug-likeness (QED) is 0.631. The number of hydrogen-bond donors (Lipinski definition) is 0. The third-order valence-corrected chi connectivity index (χ3v) is 3.57. The second-order valence-corrected chi connectivity index (χ2v) is 4.67. The molecule has 2 atom stereocenters. The van der Waals surface area contributed by atoms with E-state index >= 15 is 0 Å². The Morgan fingerprint density at radius 1 is 1.29 bits per heavy atom. The second-order valence-electron chi connectivity index (χ2n) is 4.67. The average molecular weight is 239 g/mol. The van der Waals surface area contributed by atoms with Crippen molar-refractivity contribution in [2.24, 2.45) is 0 Å². The van der Waals surface area contributed by atoms with Crippen LogP contribution < -0.4 is 0 Å². The first kappa shape index (κ1) is 12.1. The zero-order valence-electron chi connectivity index (χ0n) is 9.98. The van der Waals surface area contributed by atoms with E-state index in [9.17, 15) is 14.4 Å². The summed E-state index contributed by atoms with van der Waals surface area (Å²) in [7, 11) is 1.33. The molecule has 0 aromatic heterocycles. The molecular weight excluding hydrogens is 222 g/mol. The molecule has 0 aliphatic carbocycles. The Hall–Kier alpha value is -1.39. The van der Waals surface area contributed by atoms with E-state index in [1.807, 2.05) is 0 Å². The lowest BCUT2D eigenvalue weighted by Gasteiger charge is -2.30. The highest BCUT2D eigenvalue weighted by molar-refractivity contribution is 5.88. The van der Waals surface area contributed by atoms with Gasteiger partial charge in [-0.15, -0.1) is 0 Å². The molecule has 5 nitrogen and oxygen atoms in total. The van der Waals surface area contributed by atoms with Gasteiger partial charge in [0, 0.05) is 25.3 Å². The van der Waals surface area contributed by atoms with E-state index in [1.165, 1.54) is 7.11 Å². The van der Waals surface area contributed by atoms with Crippen LogP contribution in [0.25, 0.3) is 0 Å². The van der Waals surface area contributed by atoms with Gasteiger partial charge in [-0.3, -0.25) is 9.59 Å². The number of Topliss-reactive ketones (excluding diaryl/α,β-unsaturated/α-hetero) is 1. The van der Waals surface area contributed by atoms with Gasteiger partial charge in [0.15, 0.2) is 0 Å². The van der Waals surface area contributed by atoms with Crippen LogP contribution in [0, 0.1) is 0 Å². The molecule has 0 N–H and O–H groups in total. The average Bonchev–Trinajstić information content (AvgIpc) is 2.69. The van der Waals surface area contributed by atoms with Crippen molar-refractivity contribution in [1.82, 2.24) is 4.90 Å². The highest BCUT2D eigenvalue weighted by atomic mass is 16.5. The van der Waals surface area contributed by atoms with Crippen molar-refractivity contribution in [1.29, 1.82) is 0 Å². The van der Waals surface area contributed by atoms with Gasteiger partial charge in [-0.1, -0.05) is 0 Å². The number of esters is 1. The van der Waals surface area contributed by atoms with Crippen molar-refractivity contribution < 1.29 is 19.1 Å². The molecule has 5 heteroatoms. The van der Waals surface area contributed by atoms with E-state index in [0.717, 1.165) is 6.42 Å². The molecule has 17 heavy (non-hydrogen) atoms. The van der Waals surface area contributed by atoms with Crippen LogP contribution in [0.15, 0.2) is 0 Å². The maximum Gasteiger partial charge on any atom is 0.328 e. The summed E-state index contributed by atoms with van der Waals surface area (Å²) in [6.07, 6.45) is 3.15. The van der Waals surface area contributed by atoms with Gasteiger partial charge in [-0.25, -0.2) is 4.79 Å². The van der Waals surface area contributed by atoms with Crippen molar-refractivity contribution in [2.45, 2.75) is 50.6 Å². The minimum absolute atomic E-state index is 0.0181. The van der Waals surface area contributed by atoms with Crippen LogP contribution in [0.4, 0.5) is 0 Å². The number of hydrogen-bond acceptors (Lipinski definition) is 4. The fourth-order valence-electron chi connectivity index (χ4n) is 2.76. The molecule has 2 rings (SSSR count). The van der Waals surface area contributed by atoms with E-state index in [2.05, 4.69) is 0 Å². The molecule has 2 aliphatic rings. The van der Waals surface area contributed by atoms with Crippen molar-refractivity contribution in [2.75, 3.05) is 7.11 Å². The second kappa shape index (κ2) is 4.85. The van der Waals surface area contributed by atoms with Crippen molar-refractivity contribution in [3.8, 4) is 0 Å². The van der Waals surface area contributed by atoms with Crippen LogP contribution in [0.1, 0.15) is 38.5 Å². The van der Waals surface area contributed by atoms with Gasteiger partial charge in [0.2, 0.25) is 5.91 Å². The number of methoxy groups -OCH3 is 1. The third-order valence-electron chi connectivity index (χ3n) is 3.57. The number of fused-ring (bicyclic) bond motifs is 1. The Kier molecular flexibility index (Phi) is 3.45. The lowest BCUT2D eigenvalue weighted by Crippen LogP contribution is -2.46. The van der Waals surface area contributed by atoms with Crippen LogP contribution in [0.2, 0.25) is 0 Å². The van der Waals surface area contributed by atoms with Crippen molar-refractivity contribution in [3.63, 3.8) is 0 Å². The Morgan fingerprint density at radius 3 is 2.76 bits per heavy atom. The van der Waals surface area contributed by atoms with Gasteiger partial charge in [0.1, 0.15) is 11.8 Å². The predicted molar refractivity (Wildman–Crippen MR) is 59.1 cm³/mol. The van der Waals surface area contributed by atoms with Crippen LogP contribution in [-0.2, 0) is 19.1 Å². The fraction of sp³-hybridized carbons (Fsp3) is 0.750. The number of carbonyl (C=O) groups is 3. The van der Waals surface area contributed by atoms with Gasteiger partial charge in [-0.05, 0) is 19.3 Å². The molecule has 0 unspecified atom stereocenters. The van der Waals surface area contributed by atoms with Gasteiger partial charge in [0.25, 0.3) is 0 Å². The molecule has 0 aromatic rings. The third kappa shape index (κ3) is 2.33.